The summed E-state index contributed by atoms with van der Waals surface area (Å²) in [6.45, 7) is 0. The summed E-state index contributed by atoms with van der Waals surface area (Å²) in [4.78, 5) is 4.97. The Kier molecular flexibility index (Phi) is 8.40. The molecule has 61 heavy (non-hydrogen) atoms. The van der Waals surface area contributed by atoms with E-state index in [1.54, 1.807) is 0 Å². The predicted molar refractivity (Wildman–Crippen MR) is 256 cm³/mol. The Labute approximate surface area is 361 Å². The minimum Gasteiger partial charge on any atom is -0.311 e. The van der Waals surface area contributed by atoms with Gasteiger partial charge in [-0.15, -0.1) is 0 Å². The third kappa shape index (κ3) is 5.79. The van der Waals surface area contributed by atoms with Gasteiger partial charge in [0.2, 0.25) is 0 Å². The molecule has 2 heteroatoms. The zero-order valence-electron chi connectivity index (χ0n) is 33.4. The van der Waals surface area contributed by atoms with E-state index in [-0.39, 0.29) is 0 Å². The average Bonchev–Trinajstić information content (AvgIpc) is 3.63. The van der Waals surface area contributed by atoms with Gasteiger partial charge in [-0.25, -0.2) is 0 Å². The SMILES string of the molecule is c1ccc(-c2ccc(N(c3ccc(-c4ccccc4)cc3)c3ccc(-c4ccc5c(c4)Sc4cc6ccccc6cc4C54c5ccccc5-c5ccccc54)cc3)cc2)cc1. The highest BCUT2D eigenvalue weighted by molar-refractivity contribution is 7.99. The number of hydrogen-bond donors (Lipinski definition) is 0. The van der Waals surface area contributed by atoms with E-state index in [0.29, 0.717) is 0 Å². The van der Waals surface area contributed by atoms with Crippen LogP contribution in [0.4, 0.5) is 17.1 Å². The van der Waals surface area contributed by atoms with Crippen molar-refractivity contribution in [2.75, 3.05) is 4.90 Å². The quantitative estimate of drug-likeness (QED) is 0.165. The molecule has 10 aromatic rings. The molecule has 0 fully saturated rings. The van der Waals surface area contributed by atoms with Crippen molar-refractivity contribution in [3.8, 4) is 44.5 Å². The molecular weight excluding hydrogens is 755 g/mol. The molecule has 1 aliphatic carbocycles. The van der Waals surface area contributed by atoms with E-state index < -0.39 is 5.41 Å². The van der Waals surface area contributed by atoms with E-state index in [0.717, 1.165) is 17.1 Å². The fraction of sp³-hybridized carbons (Fsp3) is 0.0169. The third-order valence-corrected chi connectivity index (χ3v) is 13.8. The highest BCUT2D eigenvalue weighted by atomic mass is 32.2. The molecule has 0 atom stereocenters. The molecule has 1 heterocycles. The lowest BCUT2D eigenvalue weighted by atomic mass is 9.67. The Bertz CT molecular complexity index is 3110. The van der Waals surface area contributed by atoms with E-state index in [2.05, 4.69) is 241 Å². The number of hydrogen-bond acceptors (Lipinski definition) is 2. The lowest BCUT2D eigenvalue weighted by molar-refractivity contribution is 0.724. The van der Waals surface area contributed by atoms with Crippen molar-refractivity contribution in [2.24, 2.45) is 0 Å². The molecular formula is C59H39NS. The van der Waals surface area contributed by atoms with Gasteiger partial charge in [0.25, 0.3) is 0 Å². The minimum absolute atomic E-state index is 0.415. The fourth-order valence-corrected chi connectivity index (χ4v) is 11.2. The van der Waals surface area contributed by atoms with Crippen LogP contribution >= 0.6 is 11.8 Å². The Morgan fingerprint density at radius 1 is 0.279 bits per heavy atom. The lowest BCUT2D eigenvalue weighted by Gasteiger charge is -2.40. The number of nitrogens with zero attached hydrogens (tertiary/aromatic N) is 1. The first-order chi connectivity index (χ1) is 30.2. The number of rotatable bonds is 6. The summed E-state index contributed by atoms with van der Waals surface area (Å²) in [5.74, 6) is 0. The third-order valence-electron chi connectivity index (χ3n) is 12.7. The van der Waals surface area contributed by atoms with E-state index in [4.69, 9.17) is 0 Å². The van der Waals surface area contributed by atoms with Crippen molar-refractivity contribution >= 4 is 39.6 Å². The molecule has 0 N–H and O–H groups in total. The standard InChI is InChI=1S/C59H39NS/c1-3-13-40(14-4-1)42-23-30-48(31-24-42)60(49-32-25-43(26-33-49)41-15-5-2-6-16-41)50-34-27-44(28-35-50)47-29-36-55-57(39-47)61-58-38-46-18-8-7-17-45(46)37-56(58)59(55)53-21-11-9-19-51(53)52-20-10-12-22-54(52)59/h1-39H. The molecule has 12 rings (SSSR count). The van der Waals surface area contributed by atoms with Gasteiger partial charge in [0.1, 0.15) is 0 Å². The Morgan fingerprint density at radius 2 is 0.672 bits per heavy atom. The van der Waals surface area contributed by atoms with Crippen LogP contribution < -0.4 is 4.90 Å². The van der Waals surface area contributed by atoms with Gasteiger partial charge in [0.15, 0.2) is 0 Å². The van der Waals surface area contributed by atoms with Gasteiger partial charge in [-0.2, -0.15) is 0 Å². The van der Waals surface area contributed by atoms with Crippen LogP contribution in [-0.2, 0) is 5.41 Å². The predicted octanol–water partition coefficient (Wildman–Crippen LogP) is 16.1. The molecule has 0 saturated carbocycles. The Balaban J connectivity index is 0.959. The molecule has 0 aromatic heterocycles. The van der Waals surface area contributed by atoms with Gasteiger partial charge < -0.3 is 4.90 Å². The normalized spacial score (nSPS) is 13.0. The van der Waals surface area contributed by atoms with E-state index >= 15 is 0 Å². The van der Waals surface area contributed by atoms with Crippen LogP contribution in [0, 0.1) is 0 Å². The van der Waals surface area contributed by atoms with Crippen LogP contribution in [0.15, 0.2) is 246 Å². The molecule has 2 aliphatic rings. The maximum Gasteiger partial charge on any atom is 0.0735 e. The van der Waals surface area contributed by atoms with Gasteiger partial charge in [0, 0.05) is 26.9 Å². The maximum absolute atomic E-state index is 2.46. The monoisotopic (exact) mass is 793 g/mol. The molecule has 1 spiro atoms. The first-order valence-corrected chi connectivity index (χ1v) is 21.8. The van der Waals surface area contributed by atoms with Crippen molar-refractivity contribution in [1.29, 1.82) is 0 Å². The summed E-state index contributed by atoms with van der Waals surface area (Å²) in [6.07, 6.45) is 0. The van der Waals surface area contributed by atoms with Gasteiger partial charge >= 0.3 is 0 Å². The smallest absolute Gasteiger partial charge is 0.0735 e. The van der Waals surface area contributed by atoms with Crippen LogP contribution in [0.3, 0.4) is 0 Å². The molecule has 1 nitrogen and oxygen atoms in total. The maximum atomic E-state index is 2.46. The van der Waals surface area contributed by atoms with Gasteiger partial charge in [0.05, 0.1) is 5.41 Å². The first kappa shape index (κ1) is 35.5. The average molecular weight is 794 g/mol. The van der Waals surface area contributed by atoms with Crippen LogP contribution in [-0.4, -0.2) is 0 Å². The van der Waals surface area contributed by atoms with Crippen molar-refractivity contribution in [3.05, 3.63) is 259 Å². The van der Waals surface area contributed by atoms with Gasteiger partial charge in [-0.3, -0.25) is 0 Å². The van der Waals surface area contributed by atoms with Crippen LogP contribution in [0.25, 0.3) is 55.3 Å². The van der Waals surface area contributed by atoms with E-state index in [1.165, 1.54) is 87.3 Å². The number of anilines is 3. The molecule has 0 saturated heterocycles. The molecule has 10 aromatic carbocycles. The number of benzene rings is 10. The molecule has 0 bridgehead atoms. The second kappa shape index (κ2) is 14.4. The van der Waals surface area contributed by atoms with Crippen LogP contribution in [0.5, 0.6) is 0 Å². The molecule has 1 aliphatic heterocycles. The molecule has 286 valence electrons. The summed E-state index contributed by atoms with van der Waals surface area (Å²) in [7, 11) is 0. The summed E-state index contributed by atoms with van der Waals surface area (Å²) < 4.78 is 0. The highest BCUT2D eigenvalue weighted by Crippen LogP contribution is 2.62. The molecule has 0 radical (unpaired) electrons. The summed E-state index contributed by atoms with van der Waals surface area (Å²) >= 11 is 1.91. The summed E-state index contributed by atoms with van der Waals surface area (Å²) in [5.41, 5.74) is 18.2. The molecule has 0 amide bonds. The van der Waals surface area contributed by atoms with Gasteiger partial charge in [-0.1, -0.05) is 194 Å². The summed E-state index contributed by atoms with van der Waals surface area (Å²) in [6, 6.07) is 87.1. The van der Waals surface area contributed by atoms with Crippen molar-refractivity contribution < 1.29 is 0 Å². The first-order valence-electron chi connectivity index (χ1n) is 21.0. The Hall–Kier alpha value is -7.39. The lowest BCUT2D eigenvalue weighted by Crippen LogP contribution is -2.32. The van der Waals surface area contributed by atoms with Crippen molar-refractivity contribution in [3.63, 3.8) is 0 Å². The van der Waals surface area contributed by atoms with E-state index in [1.807, 2.05) is 11.8 Å². The second-order valence-electron chi connectivity index (χ2n) is 16.1. The fourth-order valence-electron chi connectivity index (χ4n) is 9.89. The second-order valence-corrected chi connectivity index (χ2v) is 17.1. The van der Waals surface area contributed by atoms with Crippen molar-refractivity contribution in [1.82, 2.24) is 0 Å². The molecule has 0 unspecified atom stereocenters. The number of fused-ring (bicyclic) bond motifs is 10. The minimum atomic E-state index is -0.415. The zero-order chi connectivity index (χ0) is 40.3. The van der Waals surface area contributed by atoms with Crippen molar-refractivity contribution in [2.45, 2.75) is 15.2 Å². The topological polar surface area (TPSA) is 3.24 Å². The van der Waals surface area contributed by atoms with Crippen LogP contribution in [0.2, 0.25) is 0 Å². The van der Waals surface area contributed by atoms with E-state index in [9.17, 15) is 0 Å². The largest absolute Gasteiger partial charge is 0.311 e. The van der Waals surface area contributed by atoms with Crippen LogP contribution in [0.1, 0.15) is 22.3 Å². The highest BCUT2D eigenvalue weighted by Gasteiger charge is 2.50. The zero-order valence-corrected chi connectivity index (χ0v) is 34.2. The summed E-state index contributed by atoms with van der Waals surface area (Å²) in [5, 5.41) is 2.55. The van der Waals surface area contributed by atoms with Gasteiger partial charge in [-0.05, 0) is 132 Å². The Morgan fingerprint density at radius 3 is 1.20 bits per heavy atom.